The van der Waals surface area contributed by atoms with Crippen molar-refractivity contribution in [2.45, 2.75) is 31.7 Å². The van der Waals surface area contributed by atoms with Gasteiger partial charge >= 0.3 is 5.97 Å². The summed E-state index contributed by atoms with van der Waals surface area (Å²) in [5.74, 6) is 0.716. The second-order valence-electron chi connectivity index (χ2n) is 4.80. The molecule has 1 amide bonds. The maximum Gasteiger partial charge on any atom is 0.305 e. The summed E-state index contributed by atoms with van der Waals surface area (Å²) in [4.78, 5) is 24.4. The number of carbonyl (C=O) groups is 2. The van der Waals surface area contributed by atoms with E-state index in [4.69, 9.17) is 5.11 Å². The predicted octanol–water partition coefficient (Wildman–Crippen LogP) is 1.02. The number of likely N-dealkylation sites (tertiary alicyclic amines) is 1. The number of carboxylic acids is 1. The van der Waals surface area contributed by atoms with E-state index in [0.29, 0.717) is 30.6 Å². The molecule has 1 N–H and O–H groups in total. The Balaban J connectivity index is 2.02. The minimum atomic E-state index is -0.806. The van der Waals surface area contributed by atoms with Crippen LogP contribution in [0, 0.1) is 11.8 Å². The minimum absolute atomic E-state index is 0.0742. The summed E-state index contributed by atoms with van der Waals surface area (Å²) >= 11 is 4.21. The van der Waals surface area contributed by atoms with Gasteiger partial charge in [-0.3, -0.25) is 9.59 Å². The van der Waals surface area contributed by atoms with Crippen LogP contribution in [0.3, 0.4) is 0 Å². The summed E-state index contributed by atoms with van der Waals surface area (Å²) in [6.45, 7) is 0.691. The van der Waals surface area contributed by atoms with E-state index in [1.54, 1.807) is 4.90 Å². The highest BCUT2D eigenvalue weighted by Crippen LogP contribution is 2.39. The number of carbonyl (C=O) groups excluding carboxylic acids is 1. The van der Waals surface area contributed by atoms with E-state index >= 15 is 0 Å². The molecule has 0 radical (unpaired) electrons. The molecule has 2 aliphatic rings. The first kappa shape index (κ1) is 11.8. The van der Waals surface area contributed by atoms with E-state index < -0.39 is 5.97 Å². The summed E-state index contributed by atoms with van der Waals surface area (Å²) in [6.07, 6.45) is 2.75. The lowest BCUT2D eigenvalue weighted by atomic mass is 10.1. The molecule has 90 valence electrons. The molecule has 0 aromatic carbocycles. The Labute approximate surface area is 100 Å². The monoisotopic (exact) mass is 243 g/mol. The van der Waals surface area contributed by atoms with Crippen LogP contribution in [0.1, 0.15) is 25.7 Å². The van der Waals surface area contributed by atoms with Crippen molar-refractivity contribution in [1.29, 1.82) is 0 Å². The van der Waals surface area contributed by atoms with Crippen molar-refractivity contribution >= 4 is 24.5 Å². The highest BCUT2D eigenvalue weighted by atomic mass is 32.1. The number of hydrogen-bond acceptors (Lipinski definition) is 3. The van der Waals surface area contributed by atoms with Crippen molar-refractivity contribution in [3.8, 4) is 0 Å². The number of nitrogens with zero attached hydrogens (tertiary/aromatic N) is 1. The van der Waals surface area contributed by atoms with Crippen molar-refractivity contribution in [3.63, 3.8) is 0 Å². The lowest BCUT2D eigenvalue weighted by Gasteiger charge is -2.27. The molecule has 1 aliphatic heterocycles. The van der Waals surface area contributed by atoms with Crippen LogP contribution in [-0.2, 0) is 9.59 Å². The maximum atomic E-state index is 11.8. The Kier molecular flexibility index (Phi) is 3.42. The molecule has 2 rings (SSSR count). The van der Waals surface area contributed by atoms with Gasteiger partial charge < -0.3 is 10.0 Å². The lowest BCUT2D eigenvalue weighted by molar-refractivity contribution is -0.140. The molecule has 0 bridgehead atoms. The Hall–Kier alpha value is -0.710. The van der Waals surface area contributed by atoms with Gasteiger partial charge in [0.25, 0.3) is 0 Å². The van der Waals surface area contributed by atoms with Crippen LogP contribution in [0.15, 0.2) is 0 Å². The maximum absolute atomic E-state index is 11.8. The highest BCUT2D eigenvalue weighted by molar-refractivity contribution is 7.80. The first-order chi connectivity index (χ1) is 7.61. The molecule has 1 aliphatic carbocycles. The van der Waals surface area contributed by atoms with Crippen LogP contribution in [0.5, 0.6) is 0 Å². The third kappa shape index (κ3) is 2.51. The molecule has 2 atom stereocenters. The lowest BCUT2D eigenvalue weighted by Crippen LogP contribution is -2.39. The van der Waals surface area contributed by atoms with E-state index in [1.807, 2.05) is 0 Å². The van der Waals surface area contributed by atoms with E-state index in [2.05, 4.69) is 12.6 Å². The molecule has 2 unspecified atom stereocenters. The number of rotatable bonds is 5. The Morgan fingerprint density at radius 3 is 2.69 bits per heavy atom. The summed E-state index contributed by atoms with van der Waals surface area (Å²) < 4.78 is 0. The van der Waals surface area contributed by atoms with Crippen LogP contribution >= 0.6 is 12.6 Å². The summed E-state index contributed by atoms with van der Waals surface area (Å²) in [6, 6.07) is -0.0742. The first-order valence-electron chi connectivity index (χ1n) is 5.74. The molecule has 1 heterocycles. The van der Waals surface area contributed by atoms with Gasteiger partial charge in [0.1, 0.15) is 0 Å². The predicted molar refractivity (Wildman–Crippen MR) is 62.4 cm³/mol. The molecule has 4 nitrogen and oxygen atoms in total. The third-order valence-electron chi connectivity index (χ3n) is 3.45. The largest absolute Gasteiger partial charge is 0.481 e. The van der Waals surface area contributed by atoms with Gasteiger partial charge in [0.2, 0.25) is 5.91 Å². The molecule has 1 saturated heterocycles. The molecular formula is C11H17NO3S. The average molecular weight is 243 g/mol. The zero-order valence-corrected chi connectivity index (χ0v) is 10.0. The zero-order valence-electron chi connectivity index (χ0n) is 9.13. The van der Waals surface area contributed by atoms with E-state index in [1.165, 1.54) is 0 Å². The van der Waals surface area contributed by atoms with Gasteiger partial charge in [0, 0.05) is 19.0 Å². The van der Waals surface area contributed by atoms with Gasteiger partial charge in [-0.1, -0.05) is 0 Å². The molecule has 2 fully saturated rings. The topological polar surface area (TPSA) is 57.6 Å². The Morgan fingerprint density at radius 2 is 2.25 bits per heavy atom. The van der Waals surface area contributed by atoms with Gasteiger partial charge in [-0.05, 0) is 30.4 Å². The second kappa shape index (κ2) is 4.65. The minimum Gasteiger partial charge on any atom is -0.481 e. The zero-order chi connectivity index (χ0) is 11.7. The number of amides is 1. The van der Waals surface area contributed by atoms with Gasteiger partial charge in [0.05, 0.1) is 6.42 Å². The van der Waals surface area contributed by atoms with Crippen molar-refractivity contribution in [3.05, 3.63) is 0 Å². The van der Waals surface area contributed by atoms with Gasteiger partial charge in [0.15, 0.2) is 0 Å². The number of thiol groups is 1. The van der Waals surface area contributed by atoms with Crippen molar-refractivity contribution in [2.24, 2.45) is 11.8 Å². The fourth-order valence-corrected chi connectivity index (χ4v) is 2.69. The molecular weight excluding hydrogens is 226 g/mol. The van der Waals surface area contributed by atoms with Crippen molar-refractivity contribution < 1.29 is 14.7 Å². The van der Waals surface area contributed by atoms with Crippen LogP contribution < -0.4 is 0 Å². The Morgan fingerprint density at radius 1 is 1.56 bits per heavy atom. The van der Waals surface area contributed by atoms with Crippen LogP contribution in [0.4, 0.5) is 0 Å². The highest BCUT2D eigenvalue weighted by Gasteiger charge is 2.42. The van der Waals surface area contributed by atoms with Crippen LogP contribution in [-0.4, -0.2) is 40.2 Å². The van der Waals surface area contributed by atoms with Gasteiger partial charge in [-0.2, -0.15) is 12.6 Å². The first-order valence-corrected chi connectivity index (χ1v) is 6.37. The summed E-state index contributed by atoms with van der Waals surface area (Å²) in [7, 11) is 0. The second-order valence-corrected chi connectivity index (χ2v) is 5.17. The number of aliphatic carboxylic acids is 1. The van der Waals surface area contributed by atoms with E-state index in [9.17, 15) is 9.59 Å². The molecule has 0 aromatic heterocycles. The van der Waals surface area contributed by atoms with E-state index in [-0.39, 0.29) is 18.4 Å². The fraction of sp³-hybridized carbons (Fsp3) is 0.818. The fourth-order valence-electron chi connectivity index (χ4n) is 2.44. The average Bonchev–Trinajstić information content (AvgIpc) is 2.99. The quantitative estimate of drug-likeness (QED) is 0.709. The Bertz CT molecular complexity index is 304. The molecule has 16 heavy (non-hydrogen) atoms. The van der Waals surface area contributed by atoms with Gasteiger partial charge in [-0.15, -0.1) is 0 Å². The SMILES string of the molecule is O=C(O)CC(C1CC1)N1CC(CS)CC1=O. The van der Waals surface area contributed by atoms with Crippen LogP contribution in [0.25, 0.3) is 0 Å². The smallest absolute Gasteiger partial charge is 0.305 e. The van der Waals surface area contributed by atoms with Crippen molar-refractivity contribution in [2.75, 3.05) is 12.3 Å². The number of carboxylic acid groups (broad SMARTS) is 1. The summed E-state index contributed by atoms with van der Waals surface area (Å²) in [5, 5.41) is 8.88. The van der Waals surface area contributed by atoms with E-state index in [0.717, 1.165) is 12.8 Å². The van der Waals surface area contributed by atoms with Crippen LogP contribution in [0.2, 0.25) is 0 Å². The standard InChI is InChI=1S/C11H17NO3S/c13-10-3-7(6-16)5-12(10)9(4-11(14)15)8-1-2-8/h7-9,16H,1-6H2,(H,14,15). The summed E-state index contributed by atoms with van der Waals surface area (Å²) in [5.41, 5.74) is 0. The van der Waals surface area contributed by atoms with Gasteiger partial charge in [-0.25, -0.2) is 0 Å². The molecule has 0 aromatic rings. The third-order valence-corrected chi connectivity index (χ3v) is 3.96. The number of hydrogen-bond donors (Lipinski definition) is 2. The van der Waals surface area contributed by atoms with Crippen molar-refractivity contribution in [1.82, 2.24) is 4.90 Å². The molecule has 0 spiro atoms. The molecule has 1 saturated carbocycles. The normalized spacial score (nSPS) is 27.2. The molecule has 5 heteroatoms.